The lowest BCUT2D eigenvalue weighted by molar-refractivity contribution is -0.137. The van der Waals surface area contributed by atoms with Crippen molar-refractivity contribution in [3.63, 3.8) is 0 Å². The van der Waals surface area contributed by atoms with Crippen LogP contribution in [0.4, 0.5) is 13.2 Å². The lowest BCUT2D eigenvalue weighted by Gasteiger charge is -2.35. The Bertz CT molecular complexity index is 1330. The second-order valence-corrected chi connectivity index (χ2v) is 9.74. The van der Waals surface area contributed by atoms with Gasteiger partial charge in [-0.3, -0.25) is 4.79 Å². The summed E-state index contributed by atoms with van der Waals surface area (Å²) in [5, 5.41) is 0.830. The maximum absolute atomic E-state index is 13.7. The van der Waals surface area contributed by atoms with E-state index in [1.807, 2.05) is 42.2 Å². The topological polar surface area (TPSA) is 50.5 Å². The molecule has 0 unspecified atom stereocenters. The minimum atomic E-state index is -4.41. The molecule has 1 amide bonds. The molecule has 1 aromatic carbocycles. The zero-order valence-electron chi connectivity index (χ0n) is 18.5. The zero-order chi connectivity index (χ0) is 23.9. The Hall–Kier alpha value is -3.20. The summed E-state index contributed by atoms with van der Waals surface area (Å²) in [5.74, 6) is -0.101. The van der Waals surface area contributed by atoms with Gasteiger partial charge in [-0.05, 0) is 43.9 Å². The smallest absolute Gasteiger partial charge is 0.334 e. The van der Waals surface area contributed by atoms with Gasteiger partial charge in [0, 0.05) is 31.4 Å². The first-order valence-electron chi connectivity index (χ1n) is 11.2. The van der Waals surface area contributed by atoms with Gasteiger partial charge in [0.25, 0.3) is 5.91 Å². The highest BCUT2D eigenvalue weighted by Crippen LogP contribution is 2.33. The highest BCUT2D eigenvalue weighted by atomic mass is 32.1. The summed E-state index contributed by atoms with van der Waals surface area (Å²) in [7, 11) is 0. The number of carbonyl (C=O) groups excluding carboxylic acids is 1. The van der Waals surface area contributed by atoms with Gasteiger partial charge < -0.3 is 9.30 Å². The van der Waals surface area contributed by atoms with Crippen LogP contribution in [-0.2, 0) is 12.6 Å². The van der Waals surface area contributed by atoms with Gasteiger partial charge in [0.2, 0.25) is 0 Å². The predicted octanol–water partition coefficient (Wildman–Crippen LogP) is 6.02. The van der Waals surface area contributed by atoms with E-state index in [1.165, 1.54) is 17.5 Å². The van der Waals surface area contributed by atoms with Crippen molar-refractivity contribution >= 4 is 22.9 Å². The number of aromatic nitrogens is 3. The summed E-state index contributed by atoms with van der Waals surface area (Å²) in [4.78, 5) is 25.4. The number of benzene rings is 1. The third-order valence-corrected chi connectivity index (χ3v) is 7.16. The third kappa shape index (κ3) is 4.44. The van der Waals surface area contributed by atoms with E-state index in [4.69, 9.17) is 0 Å². The van der Waals surface area contributed by atoms with E-state index in [0.717, 1.165) is 46.8 Å². The van der Waals surface area contributed by atoms with Crippen LogP contribution >= 0.6 is 11.3 Å². The van der Waals surface area contributed by atoms with Gasteiger partial charge in [0.05, 0.1) is 21.1 Å². The second-order valence-electron chi connectivity index (χ2n) is 8.54. The van der Waals surface area contributed by atoms with Crippen molar-refractivity contribution in [2.24, 2.45) is 0 Å². The van der Waals surface area contributed by atoms with Crippen molar-refractivity contribution in [1.82, 2.24) is 19.3 Å². The molecule has 3 aromatic heterocycles. The molecule has 0 bridgehead atoms. The van der Waals surface area contributed by atoms with Crippen LogP contribution in [0.15, 0.2) is 54.9 Å². The minimum absolute atomic E-state index is 0.0844. The predicted molar refractivity (Wildman–Crippen MR) is 125 cm³/mol. The van der Waals surface area contributed by atoms with E-state index >= 15 is 0 Å². The van der Waals surface area contributed by atoms with E-state index in [1.54, 1.807) is 10.6 Å². The Morgan fingerprint density at radius 2 is 1.94 bits per heavy atom. The van der Waals surface area contributed by atoms with Gasteiger partial charge in [0.15, 0.2) is 0 Å². The van der Waals surface area contributed by atoms with E-state index in [-0.39, 0.29) is 17.6 Å². The molecule has 0 saturated carbocycles. The molecule has 1 aliphatic heterocycles. The van der Waals surface area contributed by atoms with Crippen LogP contribution in [-0.4, -0.2) is 37.8 Å². The molecule has 0 N–H and O–H groups in total. The Balaban J connectivity index is 1.42. The van der Waals surface area contributed by atoms with Gasteiger partial charge in [-0.25, -0.2) is 9.97 Å². The van der Waals surface area contributed by atoms with Crippen LogP contribution in [0.2, 0.25) is 0 Å². The van der Waals surface area contributed by atoms with Crippen molar-refractivity contribution in [1.29, 1.82) is 0 Å². The van der Waals surface area contributed by atoms with Gasteiger partial charge >= 0.3 is 6.18 Å². The number of pyridine rings is 1. The average Bonchev–Trinajstić information content (AvgIpc) is 3.41. The van der Waals surface area contributed by atoms with Crippen molar-refractivity contribution in [2.75, 3.05) is 6.54 Å². The Morgan fingerprint density at radius 1 is 1.15 bits per heavy atom. The number of hydrogen-bond donors (Lipinski definition) is 0. The molecule has 0 aliphatic carbocycles. The lowest BCUT2D eigenvalue weighted by atomic mass is 9.97. The van der Waals surface area contributed by atoms with Gasteiger partial charge in [-0.1, -0.05) is 30.3 Å². The number of amides is 1. The molecule has 34 heavy (non-hydrogen) atoms. The first kappa shape index (κ1) is 22.6. The summed E-state index contributed by atoms with van der Waals surface area (Å²) >= 11 is 1.51. The molecule has 1 saturated heterocycles. The SMILES string of the molecule is Cc1nc(C(=O)N2CCCC[C@H]2Cc2cn3ccc(C(F)(F)F)cc3n2)c(-c2ccccc2)s1. The van der Waals surface area contributed by atoms with Crippen LogP contribution in [0.1, 0.15) is 46.0 Å². The molecule has 0 spiro atoms. The molecule has 0 radical (unpaired) electrons. The third-order valence-electron chi connectivity index (χ3n) is 6.14. The second kappa shape index (κ2) is 8.87. The van der Waals surface area contributed by atoms with Crippen LogP contribution in [0, 0.1) is 6.92 Å². The molecule has 9 heteroatoms. The highest BCUT2D eigenvalue weighted by Gasteiger charge is 2.33. The number of alkyl halides is 3. The largest absolute Gasteiger partial charge is 0.416 e. The van der Waals surface area contributed by atoms with Crippen LogP contribution in [0.25, 0.3) is 16.1 Å². The van der Waals surface area contributed by atoms with E-state index in [9.17, 15) is 18.0 Å². The number of fused-ring (bicyclic) bond motifs is 1. The number of likely N-dealkylation sites (tertiary alicyclic amines) is 1. The average molecular weight is 485 g/mol. The molecule has 1 atom stereocenters. The number of aryl methyl sites for hydroxylation is 1. The molecule has 4 heterocycles. The number of nitrogens with zero attached hydrogens (tertiary/aromatic N) is 4. The van der Waals surface area contributed by atoms with Gasteiger partial charge in [-0.2, -0.15) is 13.2 Å². The van der Waals surface area contributed by atoms with Crippen LogP contribution in [0.3, 0.4) is 0 Å². The zero-order valence-corrected chi connectivity index (χ0v) is 19.4. The van der Waals surface area contributed by atoms with Crippen molar-refractivity contribution in [2.45, 2.75) is 44.8 Å². The van der Waals surface area contributed by atoms with Gasteiger partial charge in [0.1, 0.15) is 11.3 Å². The van der Waals surface area contributed by atoms with Gasteiger partial charge in [-0.15, -0.1) is 11.3 Å². The maximum Gasteiger partial charge on any atom is 0.416 e. The highest BCUT2D eigenvalue weighted by molar-refractivity contribution is 7.15. The standard InChI is InChI=1S/C25H23F3N4OS/c1-16-29-22(23(34-16)17-7-3-2-4-8-17)24(33)32-11-6-5-9-20(32)14-19-15-31-12-10-18(25(26,27)28)13-21(31)30-19/h2-4,7-8,10,12-13,15,20H,5-6,9,11,14H2,1H3/t20-/m0/s1. The van der Waals surface area contributed by atoms with E-state index < -0.39 is 11.7 Å². The number of rotatable bonds is 4. The minimum Gasteiger partial charge on any atom is -0.334 e. The fraction of sp³-hybridized carbons (Fsp3) is 0.320. The first-order valence-corrected chi connectivity index (χ1v) is 12.0. The number of thiazole rings is 1. The Labute approximate surface area is 198 Å². The fourth-order valence-corrected chi connectivity index (χ4v) is 5.44. The molecule has 5 nitrogen and oxygen atoms in total. The summed E-state index contributed by atoms with van der Waals surface area (Å²) in [6.07, 6.45) is 1.91. The molecule has 1 fully saturated rings. The molecule has 176 valence electrons. The monoisotopic (exact) mass is 484 g/mol. The lowest BCUT2D eigenvalue weighted by Crippen LogP contribution is -2.45. The van der Waals surface area contributed by atoms with Crippen LogP contribution < -0.4 is 0 Å². The Morgan fingerprint density at radius 3 is 2.71 bits per heavy atom. The molecule has 1 aliphatic rings. The summed E-state index contributed by atoms with van der Waals surface area (Å²) in [6.45, 7) is 2.52. The normalized spacial score (nSPS) is 16.8. The van der Waals surface area contributed by atoms with E-state index in [0.29, 0.717) is 24.4 Å². The van der Waals surface area contributed by atoms with E-state index in [2.05, 4.69) is 9.97 Å². The van der Waals surface area contributed by atoms with Crippen molar-refractivity contribution < 1.29 is 18.0 Å². The summed E-state index contributed by atoms with van der Waals surface area (Å²) in [5.41, 5.74) is 1.62. The van der Waals surface area contributed by atoms with Crippen molar-refractivity contribution in [3.05, 3.63) is 76.8 Å². The van der Waals surface area contributed by atoms with Crippen LogP contribution in [0.5, 0.6) is 0 Å². The first-order chi connectivity index (χ1) is 16.3. The maximum atomic E-state index is 13.7. The molecular weight excluding hydrogens is 461 g/mol. The number of halogens is 3. The molecular formula is C25H23F3N4OS. The Kier molecular flexibility index (Phi) is 5.89. The summed E-state index contributed by atoms with van der Waals surface area (Å²) < 4.78 is 40.8. The number of hydrogen-bond acceptors (Lipinski definition) is 4. The number of piperidine rings is 1. The molecule has 5 rings (SSSR count). The number of carbonyl (C=O) groups is 1. The number of imidazole rings is 1. The van der Waals surface area contributed by atoms with Crippen molar-refractivity contribution in [3.8, 4) is 10.4 Å². The fourth-order valence-electron chi connectivity index (χ4n) is 4.52. The molecule has 4 aromatic rings. The quantitative estimate of drug-likeness (QED) is 0.356. The summed E-state index contributed by atoms with van der Waals surface area (Å²) in [6, 6.07) is 11.8.